The predicted octanol–water partition coefficient (Wildman–Crippen LogP) is 1.34. The van der Waals surface area contributed by atoms with Crippen LogP contribution in [0.3, 0.4) is 0 Å². The van der Waals surface area contributed by atoms with Crippen molar-refractivity contribution in [2.75, 3.05) is 13.1 Å². The number of hydrogen-bond acceptors (Lipinski definition) is 3. The first-order chi connectivity index (χ1) is 9.36. The summed E-state index contributed by atoms with van der Waals surface area (Å²) < 4.78 is 1.85. The molecule has 1 aliphatic rings. The number of amides is 1. The fraction of sp³-hybridized carbons (Fsp3) is 0.733. The Morgan fingerprint density at radius 2 is 2.15 bits per heavy atom. The van der Waals surface area contributed by atoms with Gasteiger partial charge in [0.15, 0.2) is 0 Å². The zero-order valence-corrected chi connectivity index (χ0v) is 13.2. The summed E-state index contributed by atoms with van der Waals surface area (Å²) in [5.74, 6) is 0.507. The van der Waals surface area contributed by atoms with Gasteiger partial charge in [0.1, 0.15) is 0 Å². The zero-order chi connectivity index (χ0) is 15.0. The number of rotatable bonds is 3. The van der Waals surface area contributed by atoms with Gasteiger partial charge in [-0.15, -0.1) is 0 Å². The number of nitrogens with zero attached hydrogens (tertiary/aromatic N) is 3. The van der Waals surface area contributed by atoms with Gasteiger partial charge < -0.3 is 10.6 Å². The summed E-state index contributed by atoms with van der Waals surface area (Å²) in [7, 11) is 1.92. The molecule has 2 N–H and O–H groups in total. The summed E-state index contributed by atoms with van der Waals surface area (Å²) >= 11 is 0. The Morgan fingerprint density at radius 3 is 2.60 bits per heavy atom. The van der Waals surface area contributed by atoms with Crippen LogP contribution in [-0.4, -0.2) is 39.7 Å². The van der Waals surface area contributed by atoms with Crippen LogP contribution in [-0.2, 0) is 11.8 Å². The molecule has 1 aromatic heterocycles. The van der Waals surface area contributed by atoms with Crippen molar-refractivity contribution in [1.82, 2.24) is 14.7 Å². The van der Waals surface area contributed by atoms with Gasteiger partial charge in [-0.3, -0.25) is 9.48 Å². The minimum absolute atomic E-state index is 0.136. The van der Waals surface area contributed by atoms with Gasteiger partial charge in [0.05, 0.1) is 11.6 Å². The van der Waals surface area contributed by atoms with Gasteiger partial charge in [-0.1, -0.05) is 0 Å². The molecule has 112 valence electrons. The molecule has 1 fully saturated rings. The Bertz CT molecular complexity index is 508. The van der Waals surface area contributed by atoms with Crippen LogP contribution in [0.1, 0.15) is 43.1 Å². The Morgan fingerprint density at radius 1 is 1.50 bits per heavy atom. The lowest BCUT2D eigenvalue weighted by atomic mass is 9.97. The number of aryl methyl sites for hydroxylation is 2. The van der Waals surface area contributed by atoms with E-state index in [9.17, 15) is 4.79 Å². The molecule has 0 aliphatic carbocycles. The molecule has 0 saturated carbocycles. The van der Waals surface area contributed by atoms with Crippen molar-refractivity contribution in [3.63, 3.8) is 0 Å². The standard InChI is InChI=1S/C15H26N4O/c1-9-6-13(7-16)8-19(9)15(20)10(2)14-11(3)17-18(5)12(14)4/h9-10,13H,6-8,16H2,1-5H3. The van der Waals surface area contributed by atoms with Gasteiger partial charge in [0.2, 0.25) is 5.91 Å². The molecule has 0 bridgehead atoms. The number of carbonyl (C=O) groups excluding carboxylic acids is 1. The van der Waals surface area contributed by atoms with Crippen LogP contribution in [0.25, 0.3) is 0 Å². The number of likely N-dealkylation sites (tertiary alicyclic amines) is 1. The first kappa shape index (κ1) is 15.0. The lowest BCUT2D eigenvalue weighted by Crippen LogP contribution is -2.37. The fourth-order valence-electron chi connectivity index (χ4n) is 3.41. The summed E-state index contributed by atoms with van der Waals surface area (Å²) in [5.41, 5.74) is 8.84. The lowest BCUT2D eigenvalue weighted by molar-refractivity contribution is -0.133. The maximum atomic E-state index is 12.8. The smallest absolute Gasteiger partial charge is 0.230 e. The van der Waals surface area contributed by atoms with E-state index in [1.54, 1.807) is 0 Å². The minimum atomic E-state index is -0.136. The predicted molar refractivity (Wildman–Crippen MR) is 79.4 cm³/mol. The van der Waals surface area contributed by atoms with E-state index >= 15 is 0 Å². The lowest BCUT2D eigenvalue weighted by Gasteiger charge is -2.25. The molecule has 5 nitrogen and oxygen atoms in total. The van der Waals surface area contributed by atoms with Gasteiger partial charge in [0, 0.05) is 30.9 Å². The summed E-state index contributed by atoms with van der Waals surface area (Å²) in [6, 6.07) is 0.288. The molecule has 2 rings (SSSR count). The van der Waals surface area contributed by atoms with Crippen molar-refractivity contribution in [2.24, 2.45) is 18.7 Å². The third-order valence-corrected chi connectivity index (χ3v) is 4.65. The van der Waals surface area contributed by atoms with Crippen molar-refractivity contribution < 1.29 is 4.79 Å². The maximum Gasteiger partial charge on any atom is 0.230 e. The van der Waals surface area contributed by atoms with Crippen LogP contribution >= 0.6 is 0 Å². The highest BCUT2D eigenvalue weighted by molar-refractivity contribution is 5.84. The Kier molecular flexibility index (Phi) is 4.18. The second-order valence-corrected chi connectivity index (χ2v) is 6.11. The van der Waals surface area contributed by atoms with Gasteiger partial charge >= 0.3 is 0 Å². The second-order valence-electron chi connectivity index (χ2n) is 6.11. The number of nitrogens with two attached hydrogens (primary N) is 1. The molecule has 0 radical (unpaired) electrons. The van der Waals surface area contributed by atoms with Crippen molar-refractivity contribution in [3.05, 3.63) is 17.0 Å². The topological polar surface area (TPSA) is 64.2 Å². The van der Waals surface area contributed by atoms with E-state index in [0.29, 0.717) is 12.5 Å². The number of carbonyl (C=O) groups is 1. The van der Waals surface area contributed by atoms with Crippen LogP contribution in [0.15, 0.2) is 0 Å². The highest BCUT2D eigenvalue weighted by atomic mass is 16.2. The van der Waals surface area contributed by atoms with E-state index in [2.05, 4.69) is 12.0 Å². The summed E-state index contributed by atoms with van der Waals surface area (Å²) in [6.07, 6.45) is 1.01. The van der Waals surface area contributed by atoms with Crippen LogP contribution in [0.4, 0.5) is 0 Å². The SMILES string of the molecule is Cc1nn(C)c(C)c1C(C)C(=O)N1CC(CN)CC1C. The normalized spacial score (nSPS) is 24.2. The molecule has 20 heavy (non-hydrogen) atoms. The molecular formula is C15H26N4O. The number of aromatic nitrogens is 2. The van der Waals surface area contributed by atoms with Crippen molar-refractivity contribution >= 4 is 5.91 Å². The van der Waals surface area contributed by atoms with Crippen LogP contribution in [0.5, 0.6) is 0 Å². The third-order valence-electron chi connectivity index (χ3n) is 4.65. The van der Waals surface area contributed by atoms with Gasteiger partial charge in [-0.2, -0.15) is 5.10 Å². The molecule has 1 aromatic rings. The number of hydrogen-bond donors (Lipinski definition) is 1. The summed E-state index contributed by atoms with van der Waals surface area (Å²) in [6.45, 7) is 9.55. The van der Waals surface area contributed by atoms with Crippen LogP contribution in [0, 0.1) is 19.8 Å². The minimum Gasteiger partial charge on any atom is -0.339 e. The second kappa shape index (κ2) is 5.56. The van der Waals surface area contributed by atoms with Gasteiger partial charge in [0.25, 0.3) is 0 Å². The van der Waals surface area contributed by atoms with E-state index in [1.807, 2.05) is 37.4 Å². The fourth-order valence-corrected chi connectivity index (χ4v) is 3.41. The van der Waals surface area contributed by atoms with Gasteiger partial charge in [-0.05, 0) is 46.6 Å². The first-order valence-electron chi connectivity index (χ1n) is 7.37. The molecule has 3 atom stereocenters. The Labute approximate surface area is 121 Å². The third kappa shape index (κ3) is 2.46. The average molecular weight is 278 g/mol. The van der Waals surface area contributed by atoms with Crippen molar-refractivity contribution in [2.45, 2.75) is 46.1 Å². The summed E-state index contributed by atoms with van der Waals surface area (Å²) in [4.78, 5) is 14.8. The molecule has 5 heteroatoms. The highest BCUT2D eigenvalue weighted by Crippen LogP contribution is 2.29. The van der Waals surface area contributed by atoms with E-state index in [1.165, 1.54) is 0 Å². The van der Waals surface area contributed by atoms with Crippen LogP contribution < -0.4 is 5.73 Å². The summed E-state index contributed by atoms with van der Waals surface area (Å²) in [5, 5.41) is 4.42. The van der Waals surface area contributed by atoms with E-state index in [0.717, 1.165) is 29.9 Å². The first-order valence-corrected chi connectivity index (χ1v) is 7.37. The highest BCUT2D eigenvalue weighted by Gasteiger charge is 2.35. The van der Waals surface area contributed by atoms with E-state index < -0.39 is 0 Å². The zero-order valence-electron chi connectivity index (χ0n) is 13.2. The molecular weight excluding hydrogens is 252 g/mol. The Hall–Kier alpha value is -1.36. The van der Waals surface area contributed by atoms with E-state index in [4.69, 9.17) is 5.73 Å². The van der Waals surface area contributed by atoms with Crippen LogP contribution in [0.2, 0.25) is 0 Å². The largest absolute Gasteiger partial charge is 0.339 e. The molecule has 2 heterocycles. The van der Waals surface area contributed by atoms with Crippen molar-refractivity contribution in [3.8, 4) is 0 Å². The quantitative estimate of drug-likeness (QED) is 0.907. The molecule has 1 saturated heterocycles. The maximum absolute atomic E-state index is 12.8. The molecule has 1 aliphatic heterocycles. The molecule has 0 aromatic carbocycles. The monoisotopic (exact) mass is 278 g/mol. The van der Waals surface area contributed by atoms with Crippen molar-refractivity contribution in [1.29, 1.82) is 0 Å². The Balaban J connectivity index is 2.21. The van der Waals surface area contributed by atoms with Gasteiger partial charge in [-0.25, -0.2) is 0 Å². The molecule has 3 unspecified atom stereocenters. The van der Waals surface area contributed by atoms with E-state index in [-0.39, 0.29) is 17.9 Å². The molecule has 1 amide bonds. The average Bonchev–Trinajstić information content (AvgIpc) is 2.89. The molecule has 0 spiro atoms.